The molecule has 0 aromatic carbocycles. The van der Waals surface area contributed by atoms with Crippen molar-refractivity contribution in [2.45, 2.75) is 63.6 Å². The molecule has 4 aliphatic rings. The molecule has 1 spiro atoms. The second-order valence-corrected chi connectivity index (χ2v) is 8.87. The summed E-state index contributed by atoms with van der Waals surface area (Å²) >= 11 is 0. The number of carbonyl (C=O) groups is 2. The summed E-state index contributed by atoms with van der Waals surface area (Å²) in [5.74, 6) is 1.38. The van der Waals surface area contributed by atoms with E-state index in [-0.39, 0.29) is 29.5 Å². The van der Waals surface area contributed by atoms with Crippen molar-refractivity contribution in [3.05, 3.63) is 0 Å². The molecule has 25 heavy (non-hydrogen) atoms. The Morgan fingerprint density at radius 3 is 2.44 bits per heavy atom. The Labute approximate surface area is 150 Å². The topological polar surface area (TPSA) is 61.9 Å². The monoisotopic (exact) mass is 349 g/mol. The molecule has 2 saturated carbocycles. The lowest BCUT2D eigenvalue weighted by atomic mass is 9.81. The Bertz CT molecular complexity index is 536. The van der Waals surface area contributed by atoms with Gasteiger partial charge in [-0.3, -0.25) is 14.5 Å². The molecule has 6 heteroatoms. The molecule has 0 aromatic heterocycles. The summed E-state index contributed by atoms with van der Waals surface area (Å²) in [4.78, 5) is 29.2. The molecule has 1 atom stereocenters. The Balaban J connectivity index is 1.36. The largest absolute Gasteiger partial charge is 0.368 e. The number of hydrogen-bond acceptors (Lipinski definition) is 4. The molecular formula is C19H31N3O3. The Hall–Kier alpha value is -1.14. The number of amides is 2. The summed E-state index contributed by atoms with van der Waals surface area (Å²) in [5, 5.41) is 3.03. The molecule has 2 heterocycles. The lowest BCUT2D eigenvalue weighted by Gasteiger charge is -2.56. The maximum absolute atomic E-state index is 12.5. The van der Waals surface area contributed by atoms with Gasteiger partial charge in [0, 0.05) is 25.0 Å². The molecule has 0 aromatic rings. The molecule has 140 valence electrons. The highest BCUT2D eigenvalue weighted by molar-refractivity contribution is 5.82. The molecule has 0 bridgehead atoms. The third kappa shape index (κ3) is 3.56. The smallest absolute Gasteiger partial charge is 0.239 e. The van der Waals surface area contributed by atoms with Crippen molar-refractivity contribution in [1.82, 2.24) is 15.1 Å². The van der Waals surface area contributed by atoms with E-state index in [4.69, 9.17) is 4.74 Å². The van der Waals surface area contributed by atoms with Crippen LogP contribution in [0.5, 0.6) is 0 Å². The number of likely N-dealkylation sites (tertiary alicyclic amines) is 1. The van der Waals surface area contributed by atoms with Crippen LogP contribution >= 0.6 is 0 Å². The van der Waals surface area contributed by atoms with Crippen LogP contribution in [0, 0.1) is 11.8 Å². The van der Waals surface area contributed by atoms with Crippen molar-refractivity contribution in [2.75, 3.05) is 32.8 Å². The average molecular weight is 349 g/mol. The first-order valence-corrected chi connectivity index (χ1v) is 9.93. The van der Waals surface area contributed by atoms with Gasteiger partial charge >= 0.3 is 0 Å². The van der Waals surface area contributed by atoms with Crippen LogP contribution in [0.1, 0.15) is 46.0 Å². The highest BCUT2D eigenvalue weighted by Gasteiger charge is 2.53. The second kappa shape index (κ2) is 6.54. The van der Waals surface area contributed by atoms with Crippen LogP contribution in [-0.4, -0.2) is 72.1 Å². The molecule has 6 nitrogen and oxygen atoms in total. The van der Waals surface area contributed by atoms with Crippen LogP contribution in [0.15, 0.2) is 0 Å². The van der Waals surface area contributed by atoms with E-state index in [0.29, 0.717) is 25.6 Å². The van der Waals surface area contributed by atoms with Gasteiger partial charge in [-0.25, -0.2) is 0 Å². The van der Waals surface area contributed by atoms with Crippen molar-refractivity contribution in [3.63, 3.8) is 0 Å². The van der Waals surface area contributed by atoms with Gasteiger partial charge in [0.25, 0.3) is 0 Å². The first-order chi connectivity index (χ1) is 12.0. The van der Waals surface area contributed by atoms with E-state index >= 15 is 0 Å². The normalized spacial score (nSPS) is 29.4. The molecule has 1 N–H and O–H groups in total. The fourth-order valence-corrected chi connectivity index (χ4v) is 4.24. The predicted octanol–water partition coefficient (Wildman–Crippen LogP) is 1.00. The summed E-state index contributed by atoms with van der Waals surface area (Å²) in [6.45, 7) is 7.57. The quantitative estimate of drug-likeness (QED) is 0.804. The van der Waals surface area contributed by atoms with Gasteiger partial charge in [0.1, 0.15) is 11.6 Å². The second-order valence-electron chi connectivity index (χ2n) is 8.87. The number of nitrogens with one attached hydrogen (secondary N) is 1. The van der Waals surface area contributed by atoms with Gasteiger partial charge in [0.15, 0.2) is 0 Å². The van der Waals surface area contributed by atoms with Gasteiger partial charge in [-0.05, 0) is 45.4 Å². The van der Waals surface area contributed by atoms with Gasteiger partial charge in [0.2, 0.25) is 11.8 Å². The van der Waals surface area contributed by atoms with Crippen molar-refractivity contribution in [2.24, 2.45) is 11.8 Å². The molecule has 4 fully saturated rings. The molecule has 0 unspecified atom stereocenters. The minimum Gasteiger partial charge on any atom is -0.368 e. The first-order valence-electron chi connectivity index (χ1n) is 9.93. The van der Waals surface area contributed by atoms with E-state index < -0.39 is 0 Å². The molecule has 2 amide bonds. The van der Waals surface area contributed by atoms with E-state index in [1.165, 1.54) is 19.3 Å². The van der Waals surface area contributed by atoms with Gasteiger partial charge in [-0.2, -0.15) is 0 Å². The predicted molar refractivity (Wildman–Crippen MR) is 94.0 cm³/mol. The number of nitrogens with zero attached hydrogens (tertiary/aromatic N) is 2. The van der Waals surface area contributed by atoms with E-state index in [1.807, 2.05) is 18.7 Å². The van der Waals surface area contributed by atoms with Crippen LogP contribution in [0.4, 0.5) is 0 Å². The molecule has 0 radical (unpaired) electrons. The van der Waals surface area contributed by atoms with Gasteiger partial charge < -0.3 is 15.0 Å². The van der Waals surface area contributed by atoms with E-state index in [1.54, 1.807) is 0 Å². The van der Waals surface area contributed by atoms with Gasteiger partial charge in [-0.15, -0.1) is 0 Å². The molecule has 2 aliphatic carbocycles. The Kier molecular flexibility index (Phi) is 4.52. The molecule has 2 saturated heterocycles. The third-order valence-corrected chi connectivity index (χ3v) is 6.13. The average Bonchev–Trinajstić information content (AvgIpc) is 3.25. The van der Waals surface area contributed by atoms with Crippen molar-refractivity contribution in [1.29, 1.82) is 0 Å². The van der Waals surface area contributed by atoms with Crippen LogP contribution < -0.4 is 5.32 Å². The fourth-order valence-electron chi connectivity index (χ4n) is 4.24. The van der Waals surface area contributed by atoms with E-state index in [0.717, 1.165) is 31.8 Å². The van der Waals surface area contributed by atoms with E-state index in [9.17, 15) is 9.59 Å². The van der Waals surface area contributed by atoms with Crippen molar-refractivity contribution in [3.8, 4) is 0 Å². The van der Waals surface area contributed by atoms with Gasteiger partial charge in [-0.1, -0.05) is 6.42 Å². The van der Waals surface area contributed by atoms with Crippen molar-refractivity contribution >= 4 is 11.8 Å². The standard InChI is InChI=1S/C19H31N3O3/c1-13(2)20-17(23)16-9-25-19(10-21(16)8-14-6-7-14)11-22(12-19)18(24)15-4-3-5-15/h13-16H,3-12H2,1-2H3,(H,20,23)/t16-/m1/s1. The third-order valence-electron chi connectivity index (χ3n) is 6.13. The minimum atomic E-state index is -0.247. The highest BCUT2D eigenvalue weighted by Crippen LogP contribution is 2.38. The zero-order valence-electron chi connectivity index (χ0n) is 15.5. The van der Waals surface area contributed by atoms with Gasteiger partial charge in [0.05, 0.1) is 19.7 Å². The zero-order chi connectivity index (χ0) is 17.6. The van der Waals surface area contributed by atoms with E-state index in [2.05, 4.69) is 10.2 Å². The Morgan fingerprint density at radius 1 is 1.16 bits per heavy atom. The summed E-state index contributed by atoms with van der Waals surface area (Å²) < 4.78 is 6.16. The zero-order valence-corrected chi connectivity index (χ0v) is 15.5. The summed E-state index contributed by atoms with van der Waals surface area (Å²) in [6.07, 6.45) is 5.83. The minimum absolute atomic E-state index is 0.0761. The maximum atomic E-state index is 12.5. The number of carbonyl (C=O) groups excluding carboxylic acids is 2. The van der Waals surface area contributed by atoms with Crippen molar-refractivity contribution < 1.29 is 14.3 Å². The van der Waals surface area contributed by atoms with Crippen LogP contribution in [0.3, 0.4) is 0 Å². The number of hydrogen-bond donors (Lipinski definition) is 1. The number of rotatable bonds is 5. The maximum Gasteiger partial charge on any atom is 0.239 e. The highest BCUT2D eigenvalue weighted by atomic mass is 16.5. The lowest BCUT2D eigenvalue weighted by molar-refractivity contribution is -0.207. The number of ether oxygens (including phenoxy) is 1. The summed E-state index contributed by atoms with van der Waals surface area (Å²) in [6, 6.07) is -0.0459. The molecule has 2 aliphatic heterocycles. The number of morpholine rings is 1. The summed E-state index contributed by atoms with van der Waals surface area (Å²) in [5.41, 5.74) is -0.247. The molecule has 4 rings (SSSR count). The van der Waals surface area contributed by atoms with Crippen LogP contribution in [0.25, 0.3) is 0 Å². The Morgan fingerprint density at radius 2 is 1.88 bits per heavy atom. The fraction of sp³-hybridized carbons (Fsp3) is 0.895. The SMILES string of the molecule is CC(C)NC(=O)[C@H]1COC2(CN(C(=O)C3CCC3)C2)CN1CC1CC1. The van der Waals surface area contributed by atoms with Crippen LogP contribution in [0.2, 0.25) is 0 Å². The van der Waals surface area contributed by atoms with Crippen LogP contribution in [-0.2, 0) is 14.3 Å². The lowest BCUT2D eigenvalue weighted by Crippen LogP contribution is -2.74. The molecular weight excluding hydrogens is 318 g/mol. The first kappa shape index (κ1) is 17.3. The summed E-state index contributed by atoms with van der Waals surface area (Å²) in [7, 11) is 0.